The van der Waals surface area contributed by atoms with Crippen LogP contribution in [0.5, 0.6) is 0 Å². The Labute approximate surface area is 185 Å². The third kappa shape index (κ3) is 4.72. The number of aryl methyl sites for hydroxylation is 2. The van der Waals surface area contributed by atoms with Gasteiger partial charge in [-0.3, -0.25) is 14.6 Å². The second-order valence-electron chi connectivity index (χ2n) is 9.16. The van der Waals surface area contributed by atoms with E-state index in [4.69, 9.17) is 10.1 Å². The minimum Gasteiger partial charge on any atom is -0.290 e. The normalized spacial score (nSPS) is 17.1. The fourth-order valence-corrected chi connectivity index (χ4v) is 4.91. The molecule has 164 valence electrons. The predicted octanol–water partition coefficient (Wildman–Crippen LogP) is 5.85. The van der Waals surface area contributed by atoms with Crippen LogP contribution in [-0.4, -0.2) is 26.2 Å². The van der Waals surface area contributed by atoms with Crippen molar-refractivity contribution in [2.75, 3.05) is 6.54 Å². The molecule has 1 unspecified atom stereocenters. The smallest absolute Gasteiger partial charge is 0.123 e. The lowest BCUT2D eigenvalue weighted by atomic mass is 10.0. The highest BCUT2D eigenvalue weighted by atomic mass is 19.1. The number of benzene rings is 1. The monoisotopic (exact) mass is 420 g/mol. The Morgan fingerprint density at radius 3 is 2.61 bits per heavy atom. The molecule has 0 radical (unpaired) electrons. The first-order valence-corrected chi connectivity index (χ1v) is 11.3. The van der Waals surface area contributed by atoms with Gasteiger partial charge in [0.15, 0.2) is 0 Å². The van der Waals surface area contributed by atoms with Gasteiger partial charge < -0.3 is 0 Å². The third-order valence-electron chi connectivity index (χ3n) is 6.36. The van der Waals surface area contributed by atoms with E-state index in [1.54, 1.807) is 12.1 Å². The highest BCUT2D eigenvalue weighted by Crippen LogP contribution is 2.34. The number of nitrogens with zero attached hydrogens (tertiary/aromatic N) is 4. The largest absolute Gasteiger partial charge is 0.290 e. The molecule has 5 heteroatoms. The van der Waals surface area contributed by atoms with Crippen LogP contribution in [0.4, 0.5) is 4.39 Å². The molecule has 4 nitrogen and oxygen atoms in total. The zero-order valence-corrected chi connectivity index (χ0v) is 19.3. The molecule has 2 aromatic heterocycles. The Hall–Kier alpha value is -2.53. The second-order valence-corrected chi connectivity index (χ2v) is 9.16. The van der Waals surface area contributed by atoms with Gasteiger partial charge in [0.25, 0.3) is 0 Å². The fraction of sp³-hybridized carbons (Fsp3) is 0.462. The first-order valence-electron chi connectivity index (χ1n) is 11.3. The average molecular weight is 421 g/mol. The van der Waals surface area contributed by atoms with Crippen LogP contribution in [0, 0.1) is 26.6 Å². The summed E-state index contributed by atoms with van der Waals surface area (Å²) in [6.07, 6.45) is 3.02. The van der Waals surface area contributed by atoms with E-state index in [1.807, 2.05) is 6.07 Å². The van der Waals surface area contributed by atoms with E-state index in [1.165, 1.54) is 29.3 Å². The Bertz CT molecular complexity index is 1070. The van der Waals surface area contributed by atoms with Crippen LogP contribution in [0.3, 0.4) is 0 Å². The molecular formula is C26H33FN4. The summed E-state index contributed by atoms with van der Waals surface area (Å²) < 4.78 is 15.8. The molecule has 0 bridgehead atoms. The number of halogens is 1. The number of hydrogen-bond donors (Lipinski definition) is 0. The van der Waals surface area contributed by atoms with Crippen molar-refractivity contribution < 1.29 is 4.39 Å². The molecule has 0 N–H and O–H groups in total. The van der Waals surface area contributed by atoms with E-state index in [0.29, 0.717) is 12.1 Å². The van der Waals surface area contributed by atoms with Gasteiger partial charge in [0.05, 0.1) is 17.4 Å². The van der Waals surface area contributed by atoms with E-state index in [0.717, 1.165) is 48.6 Å². The van der Waals surface area contributed by atoms with Crippen LogP contribution < -0.4 is 0 Å². The molecule has 1 aromatic carbocycles. The molecule has 3 aromatic rings. The Morgan fingerprint density at radius 1 is 1.10 bits per heavy atom. The standard InChI is InChI=1S/C26H33FN4/c1-17(2)31-20(5)24(19(4)29-31)16-30-11-7-10-26(30)25-15-22(12-18(3)28-25)13-21-8-6-9-23(27)14-21/h6,8-9,12,14-15,17,26H,7,10-11,13,16H2,1-5H3. The third-order valence-corrected chi connectivity index (χ3v) is 6.36. The van der Waals surface area contributed by atoms with Crippen LogP contribution in [0.25, 0.3) is 0 Å². The first-order chi connectivity index (χ1) is 14.8. The summed E-state index contributed by atoms with van der Waals surface area (Å²) in [6.45, 7) is 12.7. The van der Waals surface area contributed by atoms with Gasteiger partial charge in [0, 0.05) is 29.5 Å². The summed E-state index contributed by atoms with van der Waals surface area (Å²) in [6, 6.07) is 11.9. The molecule has 0 spiro atoms. The SMILES string of the molecule is Cc1cc(Cc2cccc(F)c2)cc(C2CCCN2Cc2c(C)nn(C(C)C)c2C)n1. The van der Waals surface area contributed by atoms with E-state index in [2.05, 4.69) is 56.3 Å². The molecule has 1 aliphatic rings. The predicted molar refractivity (Wildman–Crippen MR) is 123 cm³/mol. The quantitative estimate of drug-likeness (QED) is 0.501. The molecule has 0 saturated carbocycles. The van der Waals surface area contributed by atoms with Gasteiger partial charge in [-0.25, -0.2) is 4.39 Å². The minimum atomic E-state index is -0.182. The van der Waals surface area contributed by atoms with Crippen molar-refractivity contribution >= 4 is 0 Å². The summed E-state index contributed by atoms with van der Waals surface area (Å²) in [4.78, 5) is 7.46. The van der Waals surface area contributed by atoms with Crippen LogP contribution >= 0.6 is 0 Å². The molecule has 1 atom stereocenters. The van der Waals surface area contributed by atoms with Crippen molar-refractivity contribution in [1.29, 1.82) is 0 Å². The zero-order chi connectivity index (χ0) is 22.1. The molecule has 0 amide bonds. The summed E-state index contributed by atoms with van der Waals surface area (Å²) in [5.74, 6) is -0.182. The fourth-order valence-electron chi connectivity index (χ4n) is 4.91. The maximum atomic E-state index is 13.6. The van der Waals surface area contributed by atoms with Crippen LogP contribution in [-0.2, 0) is 13.0 Å². The van der Waals surface area contributed by atoms with Crippen molar-refractivity contribution in [2.24, 2.45) is 0 Å². The van der Waals surface area contributed by atoms with Gasteiger partial charge >= 0.3 is 0 Å². The first kappa shape index (κ1) is 21.7. The second kappa shape index (κ2) is 8.91. The molecular weight excluding hydrogens is 387 g/mol. The van der Waals surface area contributed by atoms with Gasteiger partial charge in [-0.2, -0.15) is 5.10 Å². The Balaban J connectivity index is 1.58. The number of aromatic nitrogens is 3. The van der Waals surface area contributed by atoms with Crippen LogP contribution in [0.1, 0.15) is 78.2 Å². The van der Waals surface area contributed by atoms with Gasteiger partial charge in [-0.15, -0.1) is 0 Å². The number of likely N-dealkylation sites (tertiary alicyclic amines) is 1. The molecule has 0 aliphatic carbocycles. The summed E-state index contributed by atoms with van der Waals surface area (Å²) in [5.41, 5.74) is 8.08. The van der Waals surface area contributed by atoms with Crippen molar-refractivity contribution in [1.82, 2.24) is 19.7 Å². The molecule has 1 aliphatic heterocycles. The van der Waals surface area contributed by atoms with E-state index < -0.39 is 0 Å². The highest BCUT2D eigenvalue weighted by molar-refractivity contribution is 5.31. The summed E-state index contributed by atoms with van der Waals surface area (Å²) in [7, 11) is 0. The molecule has 3 heterocycles. The summed E-state index contributed by atoms with van der Waals surface area (Å²) >= 11 is 0. The number of hydrogen-bond acceptors (Lipinski definition) is 3. The molecule has 4 rings (SSSR count). The topological polar surface area (TPSA) is 34.0 Å². The maximum Gasteiger partial charge on any atom is 0.123 e. The minimum absolute atomic E-state index is 0.182. The average Bonchev–Trinajstić information content (AvgIpc) is 3.27. The van der Waals surface area contributed by atoms with Gasteiger partial charge in [0.1, 0.15) is 5.82 Å². The van der Waals surface area contributed by atoms with Crippen LogP contribution in [0.2, 0.25) is 0 Å². The van der Waals surface area contributed by atoms with Crippen molar-refractivity contribution in [2.45, 2.75) is 72.5 Å². The van der Waals surface area contributed by atoms with Gasteiger partial charge in [-0.1, -0.05) is 12.1 Å². The number of rotatable bonds is 6. The highest BCUT2D eigenvalue weighted by Gasteiger charge is 2.29. The van der Waals surface area contributed by atoms with E-state index >= 15 is 0 Å². The van der Waals surface area contributed by atoms with Crippen molar-refractivity contribution in [3.05, 3.63) is 81.7 Å². The lowest BCUT2D eigenvalue weighted by Crippen LogP contribution is -2.24. The van der Waals surface area contributed by atoms with Gasteiger partial charge in [0.2, 0.25) is 0 Å². The Kier molecular flexibility index (Phi) is 6.24. The van der Waals surface area contributed by atoms with E-state index in [9.17, 15) is 4.39 Å². The van der Waals surface area contributed by atoms with Gasteiger partial charge in [-0.05, 0) is 95.8 Å². The summed E-state index contributed by atoms with van der Waals surface area (Å²) in [5, 5.41) is 4.78. The zero-order valence-electron chi connectivity index (χ0n) is 19.3. The number of pyridine rings is 1. The lowest BCUT2D eigenvalue weighted by molar-refractivity contribution is 0.243. The molecule has 31 heavy (non-hydrogen) atoms. The van der Waals surface area contributed by atoms with Crippen molar-refractivity contribution in [3.8, 4) is 0 Å². The van der Waals surface area contributed by atoms with Crippen molar-refractivity contribution in [3.63, 3.8) is 0 Å². The molecule has 1 saturated heterocycles. The maximum absolute atomic E-state index is 13.6. The van der Waals surface area contributed by atoms with E-state index in [-0.39, 0.29) is 5.82 Å². The Morgan fingerprint density at radius 2 is 1.90 bits per heavy atom. The van der Waals surface area contributed by atoms with Crippen LogP contribution in [0.15, 0.2) is 36.4 Å². The molecule has 1 fully saturated rings. The lowest BCUT2D eigenvalue weighted by Gasteiger charge is -2.25.